The maximum absolute atomic E-state index is 9.62. The number of aliphatic hydroxyl groups excluding tert-OH is 1. The minimum Gasteiger partial charge on any atom is -0.394 e. The van der Waals surface area contributed by atoms with E-state index < -0.39 is 0 Å². The molecule has 2 N–H and O–H groups in total. The fourth-order valence-corrected chi connectivity index (χ4v) is 3.03. The summed E-state index contributed by atoms with van der Waals surface area (Å²) in [4.78, 5) is 2.31. The van der Waals surface area contributed by atoms with Gasteiger partial charge in [-0.05, 0) is 37.0 Å². The monoisotopic (exact) mass is 312 g/mol. The number of halogens is 1. The van der Waals surface area contributed by atoms with E-state index in [2.05, 4.69) is 16.3 Å². The summed E-state index contributed by atoms with van der Waals surface area (Å²) in [6, 6.07) is 6.22. The first-order valence-corrected chi connectivity index (χ1v) is 7.99. The second-order valence-corrected chi connectivity index (χ2v) is 5.90. The number of rotatable bonds is 7. The second kappa shape index (κ2) is 8.59. The average molecular weight is 313 g/mol. The lowest BCUT2D eigenvalue weighted by molar-refractivity contribution is 0.199. The molecule has 4 nitrogen and oxygen atoms in total. The summed E-state index contributed by atoms with van der Waals surface area (Å²) in [5, 5.41) is 13.7. The van der Waals surface area contributed by atoms with Crippen molar-refractivity contribution >= 4 is 17.3 Å². The number of piperidine rings is 1. The van der Waals surface area contributed by atoms with Gasteiger partial charge < -0.3 is 20.1 Å². The molecule has 0 spiro atoms. The third-order valence-corrected chi connectivity index (χ3v) is 4.23. The Bertz CT molecular complexity index is 442. The fraction of sp³-hybridized carbons (Fsp3) is 0.625. The highest BCUT2D eigenvalue weighted by molar-refractivity contribution is 6.30. The van der Waals surface area contributed by atoms with Crippen LogP contribution in [0.15, 0.2) is 18.2 Å². The first kappa shape index (κ1) is 16.6. The van der Waals surface area contributed by atoms with Gasteiger partial charge >= 0.3 is 0 Å². The van der Waals surface area contributed by atoms with Crippen LogP contribution in [0, 0.1) is 0 Å². The van der Waals surface area contributed by atoms with Crippen molar-refractivity contribution in [1.82, 2.24) is 5.32 Å². The van der Waals surface area contributed by atoms with Crippen LogP contribution in [0.3, 0.4) is 0 Å². The van der Waals surface area contributed by atoms with Gasteiger partial charge in [0.25, 0.3) is 0 Å². The van der Waals surface area contributed by atoms with Crippen molar-refractivity contribution in [3.63, 3.8) is 0 Å². The van der Waals surface area contributed by atoms with Gasteiger partial charge in [-0.2, -0.15) is 0 Å². The van der Waals surface area contributed by atoms with Crippen LogP contribution in [0.4, 0.5) is 5.69 Å². The van der Waals surface area contributed by atoms with E-state index >= 15 is 0 Å². The SMILES string of the molecule is COCCNCc1ccc(Cl)cc1N1CCCCC1CO. The fourth-order valence-electron chi connectivity index (χ4n) is 2.86. The zero-order valence-electron chi connectivity index (χ0n) is 12.6. The van der Waals surface area contributed by atoms with Crippen molar-refractivity contribution in [3.05, 3.63) is 28.8 Å². The van der Waals surface area contributed by atoms with Crippen molar-refractivity contribution < 1.29 is 9.84 Å². The lowest BCUT2D eigenvalue weighted by Gasteiger charge is -2.38. The lowest BCUT2D eigenvalue weighted by atomic mass is 10.00. The van der Waals surface area contributed by atoms with Gasteiger partial charge in [-0.25, -0.2) is 0 Å². The summed E-state index contributed by atoms with van der Waals surface area (Å²) in [6.07, 6.45) is 3.39. The van der Waals surface area contributed by atoms with E-state index in [-0.39, 0.29) is 12.6 Å². The van der Waals surface area contributed by atoms with Gasteiger partial charge in [0, 0.05) is 37.5 Å². The van der Waals surface area contributed by atoms with E-state index in [1.165, 1.54) is 18.4 Å². The predicted octanol–water partition coefficient (Wildman–Crippen LogP) is 2.43. The predicted molar refractivity (Wildman–Crippen MR) is 87.1 cm³/mol. The number of aliphatic hydroxyl groups is 1. The molecule has 1 aliphatic heterocycles. The molecule has 1 unspecified atom stereocenters. The Hall–Kier alpha value is -0.810. The van der Waals surface area contributed by atoms with Gasteiger partial charge in [0.05, 0.1) is 19.3 Å². The Morgan fingerprint density at radius 3 is 3.05 bits per heavy atom. The number of hydrogen-bond acceptors (Lipinski definition) is 4. The van der Waals surface area contributed by atoms with Crippen LogP contribution in [-0.4, -0.2) is 44.6 Å². The molecule has 1 atom stereocenters. The highest BCUT2D eigenvalue weighted by Gasteiger charge is 2.23. The summed E-state index contributed by atoms with van der Waals surface area (Å²) in [7, 11) is 1.70. The minimum absolute atomic E-state index is 0.197. The number of anilines is 1. The third kappa shape index (κ3) is 4.58. The average Bonchev–Trinajstić information content (AvgIpc) is 2.52. The van der Waals surface area contributed by atoms with Crippen LogP contribution >= 0.6 is 11.6 Å². The Balaban J connectivity index is 2.13. The molecule has 0 amide bonds. The summed E-state index contributed by atoms with van der Waals surface area (Å²) in [5.74, 6) is 0. The molecule has 0 aliphatic carbocycles. The molecule has 1 saturated heterocycles. The number of methoxy groups -OCH3 is 1. The van der Waals surface area contributed by atoms with E-state index in [1.54, 1.807) is 7.11 Å². The molecular weight excluding hydrogens is 288 g/mol. The van der Waals surface area contributed by atoms with Crippen LogP contribution in [0.1, 0.15) is 24.8 Å². The molecule has 0 aromatic heterocycles. The van der Waals surface area contributed by atoms with Gasteiger partial charge in [0.15, 0.2) is 0 Å². The molecule has 1 aliphatic rings. The Morgan fingerprint density at radius 1 is 1.43 bits per heavy atom. The molecule has 2 rings (SSSR count). The van der Waals surface area contributed by atoms with Crippen LogP contribution in [-0.2, 0) is 11.3 Å². The van der Waals surface area contributed by atoms with Gasteiger partial charge in [-0.1, -0.05) is 17.7 Å². The van der Waals surface area contributed by atoms with Crippen LogP contribution in [0.5, 0.6) is 0 Å². The lowest BCUT2D eigenvalue weighted by Crippen LogP contribution is -2.42. The number of nitrogens with one attached hydrogen (secondary N) is 1. The first-order chi connectivity index (χ1) is 10.3. The molecule has 21 heavy (non-hydrogen) atoms. The Kier molecular flexibility index (Phi) is 6.77. The highest BCUT2D eigenvalue weighted by atomic mass is 35.5. The van der Waals surface area contributed by atoms with Crippen LogP contribution in [0.2, 0.25) is 5.02 Å². The maximum atomic E-state index is 9.62. The van der Waals surface area contributed by atoms with Gasteiger partial charge in [0.2, 0.25) is 0 Å². The normalized spacial score (nSPS) is 19.0. The minimum atomic E-state index is 0.197. The molecule has 118 valence electrons. The first-order valence-electron chi connectivity index (χ1n) is 7.62. The largest absolute Gasteiger partial charge is 0.394 e. The zero-order valence-corrected chi connectivity index (χ0v) is 13.4. The third-order valence-electron chi connectivity index (χ3n) is 3.99. The summed E-state index contributed by atoms with van der Waals surface area (Å²) in [6.45, 7) is 3.48. The van der Waals surface area contributed by atoms with E-state index in [0.717, 1.165) is 36.8 Å². The molecule has 0 radical (unpaired) electrons. The number of hydrogen-bond donors (Lipinski definition) is 2. The summed E-state index contributed by atoms with van der Waals surface area (Å²) >= 11 is 6.18. The number of ether oxygens (including phenoxy) is 1. The highest BCUT2D eigenvalue weighted by Crippen LogP contribution is 2.30. The van der Waals surface area contributed by atoms with Crippen molar-refractivity contribution in [2.24, 2.45) is 0 Å². The van der Waals surface area contributed by atoms with Gasteiger partial charge in [0.1, 0.15) is 0 Å². The summed E-state index contributed by atoms with van der Waals surface area (Å²) < 4.78 is 5.05. The zero-order chi connectivity index (χ0) is 15.1. The van der Waals surface area contributed by atoms with Crippen LogP contribution < -0.4 is 10.2 Å². The van der Waals surface area contributed by atoms with E-state index in [4.69, 9.17) is 16.3 Å². The smallest absolute Gasteiger partial charge is 0.0635 e. The Morgan fingerprint density at radius 2 is 2.29 bits per heavy atom. The molecular formula is C16H25ClN2O2. The molecule has 5 heteroatoms. The van der Waals surface area contributed by atoms with E-state index in [0.29, 0.717) is 6.61 Å². The standard InChI is InChI=1S/C16H25ClN2O2/c1-21-9-7-18-11-13-5-6-14(17)10-16(13)19-8-3-2-4-15(19)12-20/h5-6,10,15,18,20H,2-4,7-9,11-12H2,1H3. The van der Waals surface area contributed by atoms with Crippen molar-refractivity contribution in [2.75, 3.05) is 38.3 Å². The number of benzene rings is 1. The number of nitrogens with zero attached hydrogens (tertiary/aromatic N) is 1. The van der Waals surface area contributed by atoms with Crippen molar-refractivity contribution in [2.45, 2.75) is 31.8 Å². The van der Waals surface area contributed by atoms with Crippen molar-refractivity contribution in [3.8, 4) is 0 Å². The quantitative estimate of drug-likeness (QED) is 0.759. The molecule has 1 fully saturated rings. The molecule has 1 aromatic carbocycles. The molecule has 1 aromatic rings. The van der Waals surface area contributed by atoms with Crippen LogP contribution in [0.25, 0.3) is 0 Å². The summed E-state index contributed by atoms with van der Waals surface area (Å²) in [5.41, 5.74) is 2.36. The topological polar surface area (TPSA) is 44.7 Å². The van der Waals surface area contributed by atoms with E-state index in [1.807, 2.05) is 12.1 Å². The molecule has 1 heterocycles. The maximum Gasteiger partial charge on any atom is 0.0635 e. The van der Waals surface area contributed by atoms with Gasteiger partial charge in [-0.15, -0.1) is 0 Å². The van der Waals surface area contributed by atoms with Gasteiger partial charge in [-0.3, -0.25) is 0 Å². The molecule has 0 saturated carbocycles. The second-order valence-electron chi connectivity index (χ2n) is 5.47. The molecule has 0 bridgehead atoms. The van der Waals surface area contributed by atoms with Crippen molar-refractivity contribution in [1.29, 1.82) is 0 Å². The van der Waals surface area contributed by atoms with E-state index in [9.17, 15) is 5.11 Å². The Labute approximate surface area is 132 Å².